The molecule has 0 heterocycles. The zero-order chi connectivity index (χ0) is 13.4. The van der Waals surface area contributed by atoms with Gasteiger partial charge in [-0.2, -0.15) is 11.8 Å². The van der Waals surface area contributed by atoms with Gasteiger partial charge in [-0.15, -0.1) is 0 Å². The van der Waals surface area contributed by atoms with Gasteiger partial charge in [0.05, 0.1) is 0 Å². The minimum absolute atomic E-state index is 0.00676. The van der Waals surface area contributed by atoms with E-state index >= 15 is 0 Å². The third kappa shape index (κ3) is 5.01. The third-order valence-corrected chi connectivity index (χ3v) is 4.58. The number of rotatable bonds is 8. The van der Waals surface area contributed by atoms with Crippen LogP contribution in [0.3, 0.4) is 0 Å². The molecule has 1 aromatic rings. The van der Waals surface area contributed by atoms with Crippen LogP contribution in [-0.4, -0.2) is 29.2 Å². The van der Waals surface area contributed by atoms with Crippen LogP contribution < -0.4 is 0 Å². The van der Waals surface area contributed by atoms with Crippen molar-refractivity contribution in [3.8, 4) is 0 Å². The predicted molar refractivity (Wildman–Crippen MR) is 78.7 cm³/mol. The number of thioether (sulfide) groups is 1. The summed E-state index contributed by atoms with van der Waals surface area (Å²) < 4.78 is 0. The largest absolute Gasteiger partial charge is 0.396 e. The highest BCUT2D eigenvalue weighted by molar-refractivity contribution is 7.98. The first kappa shape index (κ1) is 15.5. The maximum absolute atomic E-state index is 9.23. The summed E-state index contributed by atoms with van der Waals surface area (Å²) in [6, 6.07) is 10.4. The van der Waals surface area contributed by atoms with Crippen molar-refractivity contribution in [2.45, 2.75) is 26.0 Å². The van der Waals surface area contributed by atoms with Gasteiger partial charge in [-0.05, 0) is 23.2 Å². The van der Waals surface area contributed by atoms with Gasteiger partial charge in [0, 0.05) is 24.9 Å². The number of aliphatic hydroxyl groups is 2. The predicted octanol–water partition coefficient (Wildman–Crippen LogP) is 2.94. The van der Waals surface area contributed by atoms with E-state index in [1.165, 1.54) is 5.56 Å². The second-order valence-electron chi connectivity index (χ2n) is 5.34. The fourth-order valence-electron chi connectivity index (χ4n) is 1.86. The van der Waals surface area contributed by atoms with Gasteiger partial charge < -0.3 is 10.2 Å². The summed E-state index contributed by atoms with van der Waals surface area (Å²) in [6.07, 6.45) is 1.01. The normalized spacial score (nSPS) is 12.1. The van der Waals surface area contributed by atoms with Gasteiger partial charge in [0.2, 0.25) is 0 Å². The highest BCUT2D eigenvalue weighted by Gasteiger charge is 2.27. The molecule has 2 N–H and O–H groups in total. The van der Waals surface area contributed by atoms with Gasteiger partial charge in [0.15, 0.2) is 0 Å². The lowest BCUT2D eigenvalue weighted by Crippen LogP contribution is -2.30. The summed E-state index contributed by atoms with van der Waals surface area (Å²) in [5.74, 6) is 2.06. The summed E-state index contributed by atoms with van der Waals surface area (Å²) in [5.41, 5.74) is 1.34. The fraction of sp³-hybridized carbons (Fsp3) is 0.600. The molecule has 3 heteroatoms. The van der Waals surface area contributed by atoms with Crippen LogP contribution in [0.4, 0.5) is 0 Å². The Balaban J connectivity index is 2.29. The molecule has 0 saturated heterocycles. The first-order valence-electron chi connectivity index (χ1n) is 6.43. The maximum atomic E-state index is 9.23. The van der Waals surface area contributed by atoms with Crippen LogP contribution in [0, 0.1) is 11.3 Å². The van der Waals surface area contributed by atoms with Gasteiger partial charge in [-0.1, -0.05) is 44.2 Å². The molecule has 0 aliphatic heterocycles. The third-order valence-electron chi connectivity index (χ3n) is 3.55. The molecular formula is C15H24O2S. The average molecular weight is 268 g/mol. The van der Waals surface area contributed by atoms with Crippen molar-refractivity contribution in [1.82, 2.24) is 0 Å². The van der Waals surface area contributed by atoms with Crippen molar-refractivity contribution in [2.75, 3.05) is 19.0 Å². The summed E-state index contributed by atoms with van der Waals surface area (Å²) in [6.45, 7) is 4.36. The van der Waals surface area contributed by atoms with E-state index in [9.17, 15) is 10.2 Å². The van der Waals surface area contributed by atoms with E-state index in [0.29, 0.717) is 0 Å². The molecule has 0 bridgehead atoms. The standard InChI is InChI=1S/C15H24O2S/c1-15(2,14(10-16)11-17)8-9-18-12-13-6-4-3-5-7-13/h3-7,14,16-17H,8-12H2,1-2H3. The molecule has 2 nitrogen and oxygen atoms in total. The second kappa shape index (κ2) is 7.82. The molecule has 0 atom stereocenters. The zero-order valence-electron chi connectivity index (χ0n) is 11.3. The van der Waals surface area contributed by atoms with E-state index in [0.717, 1.165) is 17.9 Å². The molecule has 0 unspecified atom stereocenters. The molecule has 18 heavy (non-hydrogen) atoms. The fourth-order valence-corrected chi connectivity index (χ4v) is 3.10. The first-order valence-corrected chi connectivity index (χ1v) is 7.59. The maximum Gasteiger partial charge on any atom is 0.0486 e. The summed E-state index contributed by atoms with van der Waals surface area (Å²) in [7, 11) is 0. The van der Waals surface area contributed by atoms with Gasteiger partial charge in [-0.25, -0.2) is 0 Å². The van der Waals surface area contributed by atoms with Gasteiger partial charge in [-0.3, -0.25) is 0 Å². The summed E-state index contributed by atoms with van der Waals surface area (Å²) >= 11 is 1.91. The van der Waals surface area contributed by atoms with Crippen LogP contribution in [-0.2, 0) is 5.75 Å². The topological polar surface area (TPSA) is 40.5 Å². The lowest BCUT2D eigenvalue weighted by molar-refractivity contribution is 0.0595. The molecule has 0 aliphatic rings. The van der Waals surface area contributed by atoms with Crippen LogP contribution in [0.25, 0.3) is 0 Å². The molecular weight excluding hydrogens is 244 g/mol. The van der Waals surface area contributed by atoms with Gasteiger partial charge in [0.25, 0.3) is 0 Å². The van der Waals surface area contributed by atoms with E-state index in [2.05, 4.69) is 38.1 Å². The molecule has 0 saturated carbocycles. The molecule has 0 fully saturated rings. The van der Waals surface area contributed by atoms with Crippen molar-refractivity contribution in [2.24, 2.45) is 11.3 Å². The van der Waals surface area contributed by atoms with Gasteiger partial charge >= 0.3 is 0 Å². The molecule has 1 rings (SSSR count). The Morgan fingerprint density at radius 2 is 1.72 bits per heavy atom. The van der Waals surface area contributed by atoms with E-state index < -0.39 is 0 Å². The van der Waals surface area contributed by atoms with Crippen molar-refractivity contribution in [3.05, 3.63) is 35.9 Å². The quantitative estimate of drug-likeness (QED) is 0.712. The Labute approximate surface area is 114 Å². The summed E-state index contributed by atoms with van der Waals surface area (Å²) in [4.78, 5) is 0. The second-order valence-corrected chi connectivity index (χ2v) is 6.44. The zero-order valence-corrected chi connectivity index (χ0v) is 12.1. The highest BCUT2D eigenvalue weighted by Crippen LogP contribution is 2.32. The molecule has 0 amide bonds. The van der Waals surface area contributed by atoms with Crippen LogP contribution >= 0.6 is 11.8 Å². The Hall–Kier alpha value is -0.510. The lowest BCUT2D eigenvalue weighted by Gasteiger charge is -2.31. The molecule has 102 valence electrons. The molecule has 0 spiro atoms. The van der Waals surface area contributed by atoms with Crippen LogP contribution in [0.1, 0.15) is 25.8 Å². The smallest absolute Gasteiger partial charge is 0.0486 e. The average Bonchev–Trinajstić information content (AvgIpc) is 2.37. The number of benzene rings is 1. The number of aliphatic hydroxyl groups excluding tert-OH is 2. The highest BCUT2D eigenvalue weighted by atomic mass is 32.2. The number of hydrogen-bond donors (Lipinski definition) is 2. The van der Waals surface area contributed by atoms with Crippen molar-refractivity contribution in [3.63, 3.8) is 0 Å². The molecule has 0 aromatic heterocycles. The minimum Gasteiger partial charge on any atom is -0.396 e. The van der Waals surface area contributed by atoms with Gasteiger partial charge in [0.1, 0.15) is 0 Å². The first-order chi connectivity index (χ1) is 8.60. The van der Waals surface area contributed by atoms with E-state index in [1.54, 1.807) is 0 Å². The van der Waals surface area contributed by atoms with E-state index in [-0.39, 0.29) is 24.5 Å². The lowest BCUT2D eigenvalue weighted by atomic mass is 9.77. The van der Waals surface area contributed by atoms with Crippen LogP contribution in [0.5, 0.6) is 0 Å². The Bertz CT molecular complexity index is 321. The monoisotopic (exact) mass is 268 g/mol. The molecule has 1 aromatic carbocycles. The van der Waals surface area contributed by atoms with Crippen LogP contribution in [0.15, 0.2) is 30.3 Å². The van der Waals surface area contributed by atoms with Crippen molar-refractivity contribution >= 4 is 11.8 Å². The van der Waals surface area contributed by atoms with E-state index in [1.807, 2.05) is 17.8 Å². The SMILES string of the molecule is CC(C)(CCSCc1ccccc1)C(CO)CO. The Morgan fingerprint density at radius 1 is 1.11 bits per heavy atom. The summed E-state index contributed by atoms with van der Waals surface area (Å²) in [5, 5.41) is 18.5. The Morgan fingerprint density at radius 3 is 2.28 bits per heavy atom. The van der Waals surface area contributed by atoms with Crippen molar-refractivity contribution in [1.29, 1.82) is 0 Å². The molecule has 0 aliphatic carbocycles. The molecule has 0 radical (unpaired) electrons. The Kier molecular flexibility index (Phi) is 6.76. The number of hydrogen-bond acceptors (Lipinski definition) is 3. The minimum atomic E-state index is -0.0187. The van der Waals surface area contributed by atoms with Crippen molar-refractivity contribution < 1.29 is 10.2 Å². The van der Waals surface area contributed by atoms with E-state index in [4.69, 9.17) is 0 Å². The van der Waals surface area contributed by atoms with Crippen LogP contribution in [0.2, 0.25) is 0 Å².